The van der Waals surface area contributed by atoms with Gasteiger partial charge in [0.2, 0.25) is 0 Å². The molecule has 8 heteroatoms. The summed E-state index contributed by atoms with van der Waals surface area (Å²) < 4.78 is 0.672. The van der Waals surface area contributed by atoms with E-state index in [0.717, 1.165) is 4.88 Å². The van der Waals surface area contributed by atoms with E-state index in [2.05, 4.69) is 15.5 Å². The lowest BCUT2D eigenvalue weighted by Crippen LogP contribution is -2.23. The zero-order valence-corrected chi connectivity index (χ0v) is 11.9. The number of aromatic nitrogens is 2. The standard InChI is InChI=1S/C10H6Cl3N3OS/c11-7-3-6(9(13)16-15-7)10(17)14-4-5-1-2-8(12)18-5/h1-3H,4H2,(H,14,17). The van der Waals surface area contributed by atoms with Crippen LogP contribution >= 0.6 is 46.1 Å². The molecule has 1 N–H and O–H groups in total. The molecule has 18 heavy (non-hydrogen) atoms. The van der Waals surface area contributed by atoms with Crippen LogP contribution in [0.15, 0.2) is 18.2 Å². The highest BCUT2D eigenvalue weighted by molar-refractivity contribution is 7.16. The highest BCUT2D eigenvalue weighted by Gasteiger charge is 2.13. The minimum atomic E-state index is -0.360. The average molecular weight is 323 g/mol. The normalized spacial score (nSPS) is 10.4. The van der Waals surface area contributed by atoms with Crippen LogP contribution in [0.2, 0.25) is 14.6 Å². The fourth-order valence-corrected chi connectivity index (χ4v) is 2.57. The Morgan fingerprint density at radius 3 is 2.72 bits per heavy atom. The van der Waals surface area contributed by atoms with Gasteiger partial charge in [-0.1, -0.05) is 34.8 Å². The fraction of sp³-hybridized carbons (Fsp3) is 0.100. The maximum absolute atomic E-state index is 11.8. The molecule has 94 valence electrons. The molecule has 2 heterocycles. The smallest absolute Gasteiger partial charge is 0.254 e. The zero-order chi connectivity index (χ0) is 13.1. The summed E-state index contributed by atoms with van der Waals surface area (Å²) in [6.45, 7) is 0.368. The van der Waals surface area contributed by atoms with Crippen LogP contribution in [-0.4, -0.2) is 16.1 Å². The van der Waals surface area contributed by atoms with Gasteiger partial charge in [0.1, 0.15) is 0 Å². The van der Waals surface area contributed by atoms with Gasteiger partial charge in [0, 0.05) is 4.88 Å². The van der Waals surface area contributed by atoms with Crippen molar-refractivity contribution < 1.29 is 4.79 Å². The van der Waals surface area contributed by atoms with E-state index in [1.807, 2.05) is 6.07 Å². The van der Waals surface area contributed by atoms with Crippen LogP contribution in [0, 0.1) is 0 Å². The second kappa shape index (κ2) is 5.84. The number of hydrogen-bond donors (Lipinski definition) is 1. The van der Waals surface area contributed by atoms with Crippen LogP contribution in [0.4, 0.5) is 0 Å². The lowest BCUT2D eigenvalue weighted by molar-refractivity contribution is 0.0951. The summed E-state index contributed by atoms with van der Waals surface area (Å²) in [5.74, 6) is -0.360. The van der Waals surface area contributed by atoms with Crippen molar-refractivity contribution in [2.75, 3.05) is 0 Å². The van der Waals surface area contributed by atoms with Crippen molar-refractivity contribution in [3.63, 3.8) is 0 Å². The Morgan fingerprint density at radius 1 is 1.28 bits per heavy atom. The minimum absolute atomic E-state index is 0.0149. The molecular weight excluding hydrogens is 317 g/mol. The summed E-state index contributed by atoms with van der Waals surface area (Å²) >= 11 is 18.6. The minimum Gasteiger partial charge on any atom is -0.347 e. The zero-order valence-electron chi connectivity index (χ0n) is 8.78. The van der Waals surface area contributed by atoms with E-state index in [0.29, 0.717) is 10.9 Å². The van der Waals surface area contributed by atoms with Gasteiger partial charge in [-0.25, -0.2) is 0 Å². The monoisotopic (exact) mass is 321 g/mol. The molecule has 0 aliphatic rings. The van der Waals surface area contributed by atoms with Crippen LogP contribution in [0.5, 0.6) is 0 Å². The first-order valence-corrected chi connectivity index (χ1v) is 6.72. The fourth-order valence-electron chi connectivity index (χ4n) is 1.22. The molecule has 0 radical (unpaired) electrons. The van der Waals surface area contributed by atoms with Gasteiger partial charge in [0.15, 0.2) is 10.3 Å². The SMILES string of the molecule is O=C(NCc1ccc(Cl)s1)c1cc(Cl)nnc1Cl. The molecular formula is C10H6Cl3N3OS. The van der Waals surface area contributed by atoms with Crippen LogP contribution in [-0.2, 0) is 6.54 Å². The second-order valence-corrected chi connectivity index (χ2v) is 5.80. The van der Waals surface area contributed by atoms with E-state index in [1.165, 1.54) is 17.4 Å². The van der Waals surface area contributed by atoms with Crippen molar-refractivity contribution in [1.29, 1.82) is 0 Å². The quantitative estimate of drug-likeness (QED) is 0.942. The third kappa shape index (κ3) is 3.32. The Balaban J connectivity index is 2.05. The van der Waals surface area contributed by atoms with Gasteiger partial charge in [-0.05, 0) is 18.2 Å². The number of thiophene rings is 1. The maximum atomic E-state index is 11.8. The van der Waals surface area contributed by atoms with Gasteiger partial charge >= 0.3 is 0 Å². The predicted octanol–water partition coefficient (Wildman–Crippen LogP) is 3.43. The van der Waals surface area contributed by atoms with Crippen molar-refractivity contribution >= 4 is 52.0 Å². The molecule has 1 amide bonds. The molecule has 2 aromatic rings. The van der Waals surface area contributed by atoms with E-state index >= 15 is 0 Å². The number of hydrogen-bond acceptors (Lipinski definition) is 4. The molecule has 0 saturated carbocycles. The third-order valence-electron chi connectivity index (χ3n) is 2.02. The molecule has 2 aromatic heterocycles. The Bertz CT molecular complexity index is 587. The number of halogens is 3. The van der Waals surface area contributed by atoms with Crippen molar-refractivity contribution in [3.05, 3.63) is 43.3 Å². The first kappa shape index (κ1) is 13.5. The number of carbonyl (C=O) groups is 1. The second-order valence-electron chi connectivity index (χ2n) is 3.26. The molecule has 0 saturated heterocycles. The molecule has 2 rings (SSSR count). The average Bonchev–Trinajstić information content (AvgIpc) is 2.75. The number of nitrogens with one attached hydrogen (secondary N) is 1. The highest BCUT2D eigenvalue weighted by atomic mass is 35.5. The summed E-state index contributed by atoms with van der Waals surface area (Å²) in [6.07, 6.45) is 0. The Labute approximate surface area is 122 Å². The summed E-state index contributed by atoms with van der Waals surface area (Å²) in [5, 5.41) is 9.92. The summed E-state index contributed by atoms with van der Waals surface area (Å²) in [7, 11) is 0. The largest absolute Gasteiger partial charge is 0.347 e. The van der Waals surface area contributed by atoms with E-state index in [-0.39, 0.29) is 21.8 Å². The van der Waals surface area contributed by atoms with Gasteiger partial charge in [0.05, 0.1) is 16.4 Å². The van der Waals surface area contributed by atoms with Crippen molar-refractivity contribution in [2.24, 2.45) is 0 Å². The summed E-state index contributed by atoms with van der Waals surface area (Å²) in [5.41, 5.74) is 0.194. The van der Waals surface area contributed by atoms with Gasteiger partial charge in [-0.2, -0.15) is 0 Å². The molecule has 0 aromatic carbocycles. The number of carbonyl (C=O) groups excluding carboxylic acids is 1. The Hall–Kier alpha value is -0.880. The molecule has 0 aliphatic heterocycles. The van der Waals surface area contributed by atoms with Crippen LogP contribution in [0.3, 0.4) is 0 Å². The number of amides is 1. The van der Waals surface area contributed by atoms with Crippen LogP contribution in [0.1, 0.15) is 15.2 Å². The molecule has 0 fully saturated rings. The number of nitrogens with zero attached hydrogens (tertiary/aromatic N) is 2. The van der Waals surface area contributed by atoms with Gasteiger partial charge in [-0.15, -0.1) is 21.5 Å². The van der Waals surface area contributed by atoms with E-state index in [9.17, 15) is 4.79 Å². The molecule has 0 aliphatic carbocycles. The third-order valence-corrected chi connectivity index (χ3v) is 3.71. The predicted molar refractivity (Wildman–Crippen MR) is 72.6 cm³/mol. The summed E-state index contributed by atoms with van der Waals surface area (Å²) in [4.78, 5) is 12.8. The lowest BCUT2D eigenvalue weighted by atomic mass is 10.3. The maximum Gasteiger partial charge on any atom is 0.254 e. The van der Waals surface area contributed by atoms with E-state index in [1.54, 1.807) is 6.07 Å². The van der Waals surface area contributed by atoms with Crippen molar-refractivity contribution in [1.82, 2.24) is 15.5 Å². The first-order valence-electron chi connectivity index (χ1n) is 4.77. The van der Waals surface area contributed by atoms with Gasteiger partial charge in [0.25, 0.3) is 5.91 Å². The molecule has 0 unspecified atom stereocenters. The van der Waals surface area contributed by atoms with Gasteiger partial charge < -0.3 is 5.32 Å². The number of rotatable bonds is 3. The molecule has 0 atom stereocenters. The van der Waals surface area contributed by atoms with Crippen LogP contribution < -0.4 is 5.32 Å². The first-order chi connectivity index (χ1) is 8.56. The molecule has 0 spiro atoms. The van der Waals surface area contributed by atoms with Crippen molar-refractivity contribution in [2.45, 2.75) is 6.54 Å². The van der Waals surface area contributed by atoms with E-state index < -0.39 is 0 Å². The Kier molecular flexibility index (Phi) is 4.40. The highest BCUT2D eigenvalue weighted by Crippen LogP contribution is 2.21. The van der Waals surface area contributed by atoms with E-state index in [4.69, 9.17) is 34.8 Å². The molecule has 4 nitrogen and oxygen atoms in total. The summed E-state index contributed by atoms with van der Waals surface area (Å²) in [6, 6.07) is 4.98. The lowest BCUT2D eigenvalue weighted by Gasteiger charge is -2.04. The topological polar surface area (TPSA) is 54.9 Å². The van der Waals surface area contributed by atoms with Crippen LogP contribution in [0.25, 0.3) is 0 Å². The molecule has 0 bridgehead atoms. The Morgan fingerprint density at radius 2 is 2.06 bits per heavy atom. The van der Waals surface area contributed by atoms with Crippen molar-refractivity contribution in [3.8, 4) is 0 Å². The van der Waals surface area contributed by atoms with Gasteiger partial charge in [-0.3, -0.25) is 4.79 Å².